The molecule has 3 rings (SSSR count). The van der Waals surface area contributed by atoms with Gasteiger partial charge in [0.05, 0.1) is 10.5 Å². The molecule has 0 radical (unpaired) electrons. The maximum atomic E-state index is 12.7. The minimum Gasteiger partial charge on any atom is -0.366 e. The Labute approximate surface area is 151 Å². The quantitative estimate of drug-likeness (QED) is 0.458. The van der Waals surface area contributed by atoms with Gasteiger partial charge in [0.1, 0.15) is 5.70 Å². The van der Waals surface area contributed by atoms with Crippen molar-refractivity contribution in [1.29, 1.82) is 0 Å². The molecule has 2 heterocycles. The predicted octanol–water partition coefficient (Wildman–Crippen LogP) is 1.33. The van der Waals surface area contributed by atoms with E-state index < -0.39 is 4.92 Å². The number of benzene rings is 1. The number of piperidine rings is 1. The van der Waals surface area contributed by atoms with E-state index in [4.69, 9.17) is 0 Å². The van der Waals surface area contributed by atoms with Gasteiger partial charge in [-0.2, -0.15) is 0 Å². The third kappa shape index (κ3) is 3.08. The van der Waals surface area contributed by atoms with Crippen molar-refractivity contribution in [2.45, 2.75) is 18.9 Å². The predicted molar refractivity (Wildman–Crippen MR) is 96.1 cm³/mol. The van der Waals surface area contributed by atoms with E-state index in [0.29, 0.717) is 16.8 Å². The molecule has 0 aliphatic carbocycles. The fourth-order valence-corrected chi connectivity index (χ4v) is 3.53. The number of likely N-dealkylation sites (tertiary alicyclic amines) is 1. The van der Waals surface area contributed by atoms with Gasteiger partial charge in [-0.1, -0.05) is 0 Å². The van der Waals surface area contributed by atoms with Crippen LogP contribution in [0.5, 0.6) is 0 Å². The number of nitrogens with zero attached hydrogens (tertiary/aromatic N) is 4. The first-order chi connectivity index (χ1) is 12.3. The van der Waals surface area contributed by atoms with Crippen LogP contribution in [0, 0.1) is 10.1 Å². The summed E-state index contributed by atoms with van der Waals surface area (Å²) in [6.45, 7) is 1.88. The molecule has 0 N–H and O–H groups in total. The SMILES string of the molecule is CN1CCC(N(C)C2=C(c3ccc([N+](=O)[O-])cc3)C(=O)N(C)C2=O)CC1. The first-order valence-corrected chi connectivity index (χ1v) is 8.54. The van der Waals surface area contributed by atoms with E-state index in [0.717, 1.165) is 30.8 Å². The Morgan fingerprint density at radius 3 is 2.19 bits per heavy atom. The van der Waals surface area contributed by atoms with Gasteiger partial charge in [0.2, 0.25) is 0 Å². The summed E-state index contributed by atoms with van der Waals surface area (Å²) in [6.07, 6.45) is 1.82. The van der Waals surface area contributed by atoms with Gasteiger partial charge < -0.3 is 9.80 Å². The summed E-state index contributed by atoms with van der Waals surface area (Å²) in [5.41, 5.74) is 1.16. The minimum atomic E-state index is -0.489. The molecule has 138 valence electrons. The zero-order valence-electron chi connectivity index (χ0n) is 15.1. The molecular weight excluding hydrogens is 336 g/mol. The van der Waals surface area contributed by atoms with Crippen LogP contribution in [0.25, 0.3) is 5.57 Å². The summed E-state index contributed by atoms with van der Waals surface area (Å²) >= 11 is 0. The molecule has 0 saturated carbocycles. The van der Waals surface area contributed by atoms with Crippen molar-refractivity contribution >= 4 is 23.1 Å². The number of carbonyl (C=O) groups is 2. The highest BCUT2D eigenvalue weighted by Gasteiger charge is 2.40. The smallest absolute Gasteiger partial charge is 0.277 e. The number of imide groups is 1. The van der Waals surface area contributed by atoms with Crippen LogP contribution in [0.15, 0.2) is 30.0 Å². The summed E-state index contributed by atoms with van der Waals surface area (Å²) in [5.74, 6) is -0.705. The summed E-state index contributed by atoms with van der Waals surface area (Å²) in [7, 11) is 5.38. The topological polar surface area (TPSA) is 87.0 Å². The Morgan fingerprint density at radius 2 is 1.65 bits per heavy atom. The van der Waals surface area contributed by atoms with Crippen molar-refractivity contribution in [1.82, 2.24) is 14.7 Å². The van der Waals surface area contributed by atoms with Crippen molar-refractivity contribution in [2.24, 2.45) is 0 Å². The molecule has 26 heavy (non-hydrogen) atoms. The Bertz CT molecular complexity index is 779. The zero-order chi connectivity index (χ0) is 19.0. The largest absolute Gasteiger partial charge is 0.366 e. The number of non-ortho nitro benzene ring substituents is 1. The van der Waals surface area contributed by atoms with Crippen LogP contribution in [0.3, 0.4) is 0 Å². The second kappa shape index (κ2) is 6.87. The van der Waals surface area contributed by atoms with E-state index >= 15 is 0 Å². The molecule has 0 aromatic heterocycles. The Morgan fingerprint density at radius 1 is 1.08 bits per heavy atom. The number of nitro groups is 1. The molecule has 1 saturated heterocycles. The van der Waals surface area contributed by atoms with Crippen molar-refractivity contribution in [3.63, 3.8) is 0 Å². The van der Waals surface area contributed by atoms with Gasteiger partial charge in [-0.3, -0.25) is 24.6 Å². The fourth-order valence-electron chi connectivity index (χ4n) is 3.53. The van der Waals surface area contributed by atoms with Crippen molar-refractivity contribution < 1.29 is 14.5 Å². The van der Waals surface area contributed by atoms with Crippen LogP contribution < -0.4 is 0 Å². The maximum Gasteiger partial charge on any atom is 0.277 e. The molecule has 0 atom stereocenters. The highest BCUT2D eigenvalue weighted by Crippen LogP contribution is 2.33. The molecule has 1 aromatic rings. The monoisotopic (exact) mass is 358 g/mol. The number of hydrogen-bond donors (Lipinski definition) is 0. The Hall–Kier alpha value is -2.74. The van der Waals surface area contributed by atoms with Gasteiger partial charge in [-0.05, 0) is 50.7 Å². The number of carbonyl (C=O) groups excluding carboxylic acids is 2. The molecule has 1 fully saturated rings. The second-order valence-corrected chi connectivity index (χ2v) is 6.84. The molecule has 8 heteroatoms. The molecule has 2 amide bonds. The lowest BCUT2D eigenvalue weighted by molar-refractivity contribution is -0.384. The lowest BCUT2D eigenvalue weighted by Crippen LogP contribution is -2.43. The fraction of sp³-hybridized carbons (Fsp3) is 0.444. The summed E-state index contributed by atoms with van der Waals surface area (Å²) in [5, 5.41) is 10.9. The molecule has 2 aliphatic rings. The first kappa shape index (κ1) is 18.1. The van der Waals surface area contributed by atoms with Crippen molar-refractivity contribution in [3.05, 3.63) is 45.6 Å². The molecule has 0 spiro atoms. The van der Waals surface area contributed by atoms with Crippen LogP contribution >= 0.6 is 0 Å². The number of likely N-dealkylation sites (N-methyl/N-ethyl adjacent to an activating group) is 2. The normalized spacial score (nSPS) is 19.4. The molecule has 0 unspecified atom stereocenters. The van der Waals surface area contributed by atoms with Crippen LogP contribution in [0.2, 0.25) is 0 Å². The van der Waals surface area contributed by atoms with E-state index in [1.165, 1.54) is 31.3 Å². The average Bonchev–Trinajstić information content (AvgIpc) is 2.86. The minimum absolute atomic E-state index is 0.0512. The van der Waals surface area contributed by atoms with Gasteiger partial charge >= 0.3 is 0 Å². The summed E-state index contributed by atoms with van der Waals surface area (Å²) in [6, 6.07) is 5.94. The maximum absolute atomic E-state index is 12.7. The van der Waals surface area contributed by atoms with Crippen LogP contribution in [-0.4, -0.2) is 71.7 Å². The number of hydrogen-bond acceptors (Lipinski definition) is 6. The van der Waals surface area contributed by atoms with E-state index in [9.17, 15) is 19.7 Å². The number of rotatable bonds is 4. The first-order valence-electron chi connectivity index (χ1n) is 8.54. The lowest BCUT2D eigenvalue weighted by Gasteiger charge is -2.36. The third-order valence-electron chi connectivity index (χ3n) is 5.22. The summed E-state index contributed by atoms with van der Waals surface area (Å²) < 4.78 is 0. The zero-order valence-corrected chi connectivity index (χ0v) is 15.1. The second-order valence-electron chi connectivity index (χ2n) is 6.84. The number of amides is 2. The standard InChI is InChI=1S/C18H22N4O4/c1-19-10-8-13(9-11-19)20(2)16-15(17(23)21(3)18(16)24)12-4-6-14(7-5-12)22(25)26/h4-7,13H,8-11H2,1-3H3. The van der Waals surface area contributed by atoms with E-state index in [1.807, 2.05) is 11.9 Å². The van der Waals surface area contributed by atoms with Crippen molar-refractivity contribution in [2.75, 3.05) is 34.2 Å². The highest BCUT2D eigenvalue weighted by atomic mass is 16.6. The van der Waals surface area contributed by atoms with E-state index in [1.54, 1.807) is 0 Å². The molecule has 1 aromatic carbocycles. The van der Waals surface area contributed by atoms with Gasteiger partial charge in [0.25, 0.3) is 17.5 Å². The number of nitro benzene ring substituents is 1. The van der Waals surface area contributed by atoms with E-state index in [2.05, 4.69) is 11.9 Å². The van der Waals surface area contributed by atoms with E-state index in [-0.39, 0.29) is 23.5 Å². The Kier molecular flexibility index (Phi) is 4.78. The average molecular weight is 358 g/mol. The Balaban J connectivity index is 2.00. The lowest BCUT2D eigenvalue weighted by atomic mass is 10.00. The van der Waals surface area contributed by atoms with Gasteiger partial charge in [-0.25, -0.2) is 0 Å². The molecule has 2 aliphatic heterocycles. The van der Waals surface area contributed by atoms with Crippen LogP contribution in [0.1, 0.15) is 18.4 Å². The van der Waals surface area contributed by atoms with Crippen LogP contribution in [-0.2, 0) is 9.59 Å². The van der Waals surface area contributed by atoms with Crippen LogP contribution in [0.4, 0.5) is 5.69 Å². The van der Waals surface area contributed by atoms with Gasteiger partial charge in [0, 0.05) is 32.3 Å². The summed E-state index contributed by atoms with van der Waals surface area (Å²) in [4.78, 5) is 41.0. The van der Waals surface area contributed by atoms with Crippen molar-refractivity contribution in [3.8, 4) is 0 Å². The van der Waals surface area contributed by atoms with Gasteiger partial charge in [-0.15, -0.1) is 0 Å². The third-order valence-corrected chi connectivity index (χ3v) is 5.22. The highest BCUT2D eigenvalue weighted by molar-refractivity contribution is 6.35. The molecule has 8 nitrogen and oxygen atoms in total. The molecule has 0 bridgehead atoms. The molecular formula is C18H22N4O4. The van der Waals surface area contributed by atoms with Gasteiger partial charge in [0.15, 0.2) is 0 Å².